The zero-order valence-electron chi connectivity index (χ0n) is 16.2. The van der Waals surface area contributed by atoms with Gasteiger partial charge in [0.05, 0.1) is 20.3 Å². The topological polar surface area (TPSA) is 63.3 Å². The van der Waals surface area contributed by atoms with Crippen LogP contribution in [0.4, 0.5) is 10.5 Å². The zero-order chi connectivity index (χ0) is 18.9. The normalized spacial score (nSPS) is 18.9. The molecule has 27 heavy (non-hydrogen) atoms. The fraction of sp³-hybridized carbons (Fsp3) is 0.650. The van der Waals surface area contributed by atoms with Crippen LogP contribution in [0.3, 0.4) is 0 Å². The molecule has 2 heterocycles. The molecule has 1 aromatic carbocycles. The van der Waals surface area contributed by atoms with Crippen LogP contribution in [0.25, 0.3) is 0 Å². The molecule has 2 aliphatic rings. The van der Waals surface area contributed by atoms with Gasteiger partial charge in [-0.2, -0.15) is 0 Å². The van der Waals surface area contributed by atoms with Crippen molar-refractivity contribution in [1.29, 1.82) is 0 Å². The van der Waals surface area contributed by atoms with E-state index in [9.17, 15) is 4.79 Å². The summed E-state index contributed by atoms with van der Waals surface area (Å²) < 4.78 is 16.1. The molecule has 150 valence electrons. The smallest absolute Gasteiger partial charge is 0.322 e. The summed E-state index contributed by atoms with van der Waals surface area (Å²) >= 11 is 0. The molecule has 0 unspecified atom stereocenters. The summed E-state index contributed by atoms with van der Waals surface area (Å²) in [5, 5.41) is 3.04. The van der Waals surface area contributed by atoms with Crippen molar-refractivity contribution in [3.63, 3.8) is 0 Å². The van der Waals surface area contributed by atoms with E-state index in [1.165, 1.54) is 0 Å². The molecule has 0 bridgehead atoms. The van der Waals surface area contributed by atoms with Crippen LogP contribution in [0.15, 0.2) is 24.3 Å². The lowest BCUT2D eigenvalue weighted by Crippen LogP contribution is -2.47. The Bertz CT molecular complexity index is 586. The van der Waals surface area contributed by atoms with Crippen LogP contribution in [-0.2, 0) is 9.47 Å². The van der Waals surface area contributed by atoms with Gasteiger partial charge in [-0.3, -0.25) is 4.90 Å². The van der Waals surface area contributed by atoms with Gasteiger partial charge < -0.3 is 24.4 Å². The standard InChI is InChI=1S/C20H31N3O4/c1-25-19-5-2-4-17(16-19)21-20(24)23(18-6-12-26-13-7-18)9-3-8-22-10-14-27-15-11-22/h2,4-5,16,18H,3,6-15H2,1H3,(H,21,24). The molecule has 7 nitrogen and oxygen atoms in total. The van der Waals surface area contributed by atoms with Gasteiger partial charge in [0, 0.05) is 57.2 Å². The van der Waals surface area contributed by atoms with Crippen molar-refractivity contribution in [1.82, 2.24) is 9.80 Å². The van der Waals surface area contributed by atoms with Crippen LogP contribution in [0.2, 0.25) is 0 Å². The SMILES string of the molecule is COc1cccc(NC(=O)N(CCCN2CCOCC2)C2CCOCC2)c1. The molecule has 7 heteroatoms. The van der Waals surface area contributed by atoms with Crippen molar-refractivity contribution in [2.75, 3.05) is 65.0 Å². The molecule has 1 aromatic rings. The maximum Gasteiger partial charge on any atom is 0.322 e. The summed E-state index contributed by atoms with van der Waals surface area (Å²) in [5.41, 5.74) is 0.754. The van der Waals surface area contributed by atoms with Crippen LogP contribution < -0.4 is 10.1 Å². The summed E-state index contributed by atoms with van der Waals surface area (Å²) in [5.74, 6) is 0.734. The molecule has 0 radical (unpaired) electrons. The predicted octanol–water partition coefficient (Wildman–Crippen LogP) is 2.43. The number of hydrogen-bond acceptors (Lipinski definition) is 5. The molecular weight excluding hydrogens is 346 g/mol. The van der Waals surface area contributed by atoms with Gasteiger partial charge in [0.2, 0.25) is 0 Å². The number of anilines is 1. The molecule has 3 rings (SSSR count). The lowest BCUT2D eigenvalue weighted by Gasteiger charge is -2.35. The number of hydrogen-bond donors (Lipinski definition) is 1. The van der Waals surface area contributed by atoms with Gasteiger partial charge in [0.25, 0.3) is 0 Å². The van der Waals surface area contributed by atoms with Gasteiger partial charge in [-0.1, -0.05) is 6.07 Å². The van der Waals surface area contributed by atoms with Crippen LogP contribution in [0, 0.1) is 0 Å². The number of morpholine rings is 1. The number of nitrogens with zero attached hydrogens (tertiary/aromatic N) is 2. The minimum atomic E-state index is -0.0443. The van der Waals surface area contributed by atoms with Gasteiger partial charge in [-0.15, -0.1) is 0 Å². The Morgan fingerprint density at radius 2 is 1.96 bits per heavy atom. The quantitative estimate of drug-likeness (QED) is 0.791. The fourth-order valence-electron chi connectivity index (χ4n) is 3.63. The first kappa shape index (κ1) is 19.9. The first-order chi connectivity index (χ1) is 13.3. The average Bonchev–Trinajstić information content (AvgIpc) is 2.72. The van der Waals surface area contributed by atoms with Crippen molar-refractivity contribution in [3.05, 3.63) is 24.3 Å². The number of amides is 2. The Morgan fingerprint density at radius 3 is 2.70 bits per heavy atom. The lowest BCUT2D eigenvalue weighted by molar-refractivity contribution is 0.0316. The molecule has 1 N–H and O–H groups in total. The average molecular weight is 377 g/mol. The molecule has 2 saturated heterocycles. The third-order valence-electron chi connectivity index (χ3n) is 5.19. The summed E-state index contributed by atoms with van der Waals surface area (Å²) in [6.07, 6.45) is 2.75. The predicted molar refractivity (Wildman–Crippen MR) is 104 cm³/mol. The number of carbonyl (C=O) groups excluding carboxylic acids is 1. The summed E-state index contributed by atoms with van der Waals surface area (Å²) in [4.78, 5) is 17.4. The molecule has 0 aliphatic carbocycles. The van der Waals surface area contributed by atoms with Gasteiger partial charge in [-0.05, 0) is 31.4 Å². The lowest BCUT2D eigenvalue weighted by atomic mass is 10.1. The van der Waals surface area contributed by atoms with Gasteiger partial charge in [0.1, 0.15) is 5.75 Å². The highest BCUT2D eigenvalue weighted by Crippen LogP contribution is 2.20. The largest absolute Gasteiger partial charge is 0.497 e. The second-order valence-corrected chi connectivity index (χ2v) is 7.01. The molecule has 2 aliphatic heterocycles. The molecule has 0 aromatic heterocycles. The van der Waals surface area contributed by atoms with Crippen LogP contribution in [-0.4, -0.2) is 81.6 Å². The Kier molecular flexibility index (Phi) is 7.74. The summed E-state index contributed by atoms with van der Waals surface area (Å²) in [6, 6.07) is 7.66. The first-order valence-corrected chi connectivity index (χ1v) is 9.86. The molecular formula is C20H31N3O4. The van der Waals surface area contributed by atoms with E-state index in [4.69, 9.17) is 14.2 Å². The minimum absolute atomic E-state index is 0.0443. The second-order valence-electron chi connectivity index (χ2n) is 7.01. The molecule has 0 saturated carbocycles. The van der Waals surface area contributed by atoms with E-state index in [-0.39, 0.29) is 12.1 Å². The van der Waals surface area contributed by atoms with E-state index in [0.29, 0.717) is 0 Å². The molecule has 0 spiro atoms. The molecule has 2 amide bonds. The van der Waals surface area contributed by atoms with E-state index < -0.39 is 0 Å². The minimum Gasteiger partial charge on any atom is -0.497 e. The van der Waals surface area contributed by atoms with Gasteiger partial charge in [0.15, 0.2) is 0 Å². The van der Waals surface area contributed by atoms with E-state index in [0.717, 1.165) is 83.3 Å². The monoisotopic (exact) mass is 377 g/mol. The summed E-state index contributed by atoms with van der Waals surface area (Å²) in [6.45, 7) is 6.75. The number of ether oxygens (including phenoxy) is 3. The number of benzene rings is 1. The van der Waals surface area contributed by atoms with E-state index in [1.54, 1.807) is 7.11 Å². The maximum atomic E-state index is 13.0. The molecule has 0 atom stereocenters. The van der Waals surface area contributed by atoms with Crippen molar-refractivity contribution in [2.45, 2.75) is 25.3 Å². The summed E-state index contributed by atoms with van der Waals surface area (Å²) in [7, 11) is 1.63. The first-order valence-electron chi connectivity index (χ1n) is 9.86. The van der Waals surface area contributed by atoms with E-state index in [2.05, 4.69) is 10.2 Å². The number of carbonyl (C=O) groups is 1. The van der Waals surface area contributed by atoms with E-state index >= 15 is 0 Å². The van der Waals surface area contributed by atoms with Gasteiger partial charge >= 0.3 is 6.03 Å². The molecule has 2 fully saturated rings. The maximum absolute atomic E-state index is 13.0. The van der Waals surface area contributed by atoms with Crippen LogP contribution >= 0.6 is 0 Å². The van der Waals surface area contributed by atoms with Gasteiger partial charge in [-0.25, -0.2) is 4.79 Å². The highest BCUT2D eigenvalue weighted by molar-refractivity contribution is 5.89. The zero-order valence-corrected chi connectivity index (χ0v) is 16.2. The van der Waals surface area contributed by atoms with Crippen molar-refractivity contribution >= 4 is 11.7 Å². The Morgan fingerprint density at radius 1 is 1.22 bits per heavy atom. The van der Waals surface area contributed by atoms with Crippen molar-refractivity contribution < 1.29 is 19.0 Å². The number of urea groups is 1. The van der Waals surface area contributed by atoms with Crippen LogP contribution in [0.5, 0.6) is 5.75 Å². The highest BCUT2D eigenvalue weighted by Gasteiger charge is 2.26. The number of rotatable bonds is 7. The van der Waals surface area contributed by atoms with Crippen molar-refractivity contribution in [2.24, 2.45) is 0 Å². The van der Waals surface area contributed by atoms with Crippen molar-refractivity contribution in [3.8, 4) is 5.75 Å². The number of nitrogens with one attached hydrogen (secondary N) is 1. The van der Waals surface area contributed by atoms with E-state index in [1.807, 2.05) is 29.2 Å². The second kappa shape index (κ2) is 10.5. The third kappa shape index (κ3) is 6.09. The fourth-order valence-corrected chi connectivity index (χ4v) is 3.63. The third-order valence-corrected chi connectivity index (χ3v) is 5.19. The Balaban J connectivity index is 1.58. The Labute approximate surface area is 161 Å². The Hall–Kier alpha value is -1.83. The highest BCUT2D eigenvalue weighted by atomic mass is 16.5. The number of methoxy groups -OCH3 is 1. The van der Waals surface area contributed by atoms with Crippen LogP contribution in [0.1, 0.15) is 19.3 Å².